The van der Waals surface area contributed by atoms with Gasteiger partial charge in [-0.2, -0.15) is 13.2 Å². The van der Waals surface area contributed by atoms with Crippen LogP contribution in [0.5, 0.6) is 5.75 Å². The van der Waals surface area contributed by atoms with Gasteiger partial charge in [-0.05, 0) is 51.5 Å². The molecule has 5 heteroatoms. The summed E-state index contributed by atoms with van der Waals surface area (Å²) in [6, 6.07) is 4.77. The van der Waals surface area contributed by atoms with Gasteiger partial charge in [-0.25, -0.2) is 0 Å². The molecule has 114 valence electrons. The van der Waals surface area contributed by atoms with E-state index < -0.39 is 11.7 Å². The maximum Gasteiger partial charge on any atom is 0.416 e. The Labute approximate surface area is 118 Å². The molecule has 20 heavy (non-hydrogen) atoms. The van der Waals surface area contributed by atoms with E-state index in [1.165, 1.54) is 12.1 Å². The van der Waals surface area contributed by atoms with Crippen molar-refractivity contribution in [1.29, 1.82) is 0 Å². The lowest BCUT2D eigenvalue weighted by molar-refractivity contribution is -0.137. The smallest absolute Gasteiger partial charge is 0.416 e. The Bertz CT molecular complexity index is 412. The minimum Gasteiger partial charge on any atom is -0.489 e. The standard InChI is InChI=1S/C15H22F3NO/c1-5-14(3,4)19-10-11(2)20-13-8-6-12(7-9-13)15(16,17)18/h6-9,11,19H,5,10H2,1-4H3. The van der Waals surface area contributed by atoms with Gasteiger partial charge in [-0.1, -0.05) is 6.92 Å². The molecule has 1 atom stereocenters. The fourth-order valence-corrected chi connectivity index (χ4v) is 1.54. The third-order valence-corrected chi connectivity index (χ3v) is 3.27. The van der Waals surface area contributed by atoms with E-state index in [0.717, 1.165) is 18.6 Å². The largest absolute Gasteiger partial charge is 0.489 e. The van der Waals surface area contributed by atoms with Crippen molar-refractivity contribution in [1.82, 2.24) is 5.32 Å². The van der Waals surface area contributed by atoms with Crippen molar-refractivity contribution in [3.8, 4) is 5.75 Å². The van der Waals surface area contributed by atoms with Gasteiger partial charge in [0.25, 0.3) is 0 Å². The summed E-state index contributed by atoms with van der Waals surface area (Å²) in [6.07, 6.45) is -3.44. The van der Waals surface area contributed by atoms with Gasteiger partial charge >= 0.3 is 6.18 Å². The fourth-order valence-electron chi connectivity index (χ4n) is 1.54. The number of rotatable bonds is 6. The predicted molar refractivity (Wildman–Crippen MR) is 73.9 cm³/mol. The molecule has 0 saturated heterocycles. The van der Waals surface area contributed by atoms with E-state index in [1.807, 2.05) is 6.92 Å². The summed E-state index contributed by atoms with van der Waals surface area (Å²) >= 11 is 0. The molecule has 0 heterocycles. The van der Waals surface area contributed by atoms with Crippen LogP contribution in [0.25, 0.3) is 0 Å². The van der Waals surface area contributed by atoms with Crippen LogP contribution in [0.4, 0.5) is 13.2 Å². The van der Waals surface area contributed by atoms with Crippen molar-refractivity contribution in [2.45, 2.75) is 51.9 Å². The lowest BCUT2D eigenvalue weighted by atomic mass is 10.0. The molecule has 0 saturated carbocycles. The van der Waals surface area contributed by atoms with Crippen molar-refractivity contribution in [3.63, 3.8) is 0 Å². The number of benzene rings is 1. The van der Waals surface area contributed by atoms with Gasteiger partial charge in [0.05, 0.1) is 5.56 Å². The predicted octanol–water partition coefficient (Wildman–Crippen LogP) is 4.25. The molecular weight excluding hydrogens is 267 g/mol. The third-order valence-electron chi connectivity index (χ3n) is 3.27. The van der Waals surface area contributed by atoms with E-state index in [9.17, 15) is 13.2 Å². The van der Waals surface area contributed by atoms with Gasteiger partial charge in [-0.3, -0.25) is 0 Å². The van der Waals surface area contributed by atoms with Crippen molar-refractivity contribution >= 4 is 0 Å². The Morgan fingerprint density at radius 3 is 2.15 bits per heavy atom. The van der Waals surface area contributed by atoms with E-state index >= 15 is 0 Å². The second kappa shape index (κ2) is 6.48. The number of hydrogen-bond donors (Lipinski definition) is 1. The summed E-state index contributed by atoms with van der Waals surface area (Å²) < 4.78 is 42.9. The van der Waals surface area contributed by atoms with Crippen LogP contribution in [0.1, 0.15) is 39.7 Å². The maximum atomic E-state index is 12.4. The van der Waals surface area contributed by atoms with Crippen LogP contribution in [0.2, 0.25) is 0 Å². The van der Waals surface area contributed by atoms with E-state index in [1.54, 1.807) is 0 Å². The summed E-state index contributed by atoms with van der Waals surface area (Å²) in [4.78, 5) is 0. The van der Waals surface area contributed by atoms with Gasteiger partial charge in [0.2, 0.25) is 0 Å². The minimum absolute atomic E-state index is 0.0256. The molecule has 1 unspecified atom stereocenters. The highest BCUT2D eigenvalue weighted by Gasteiger charge is 2.30. The first-order chi connectivity index (χ1) is 9.14. The normalized spacial score (nSPS) is 14.2. The first-order valence-electron chi connectivity index (χ1n) is 6.73. The van der Waals surface area contributed by atoms with Gasteiger partial charge < -0.3 is 10.1 Å². The second-order valence-electron chi connectivity index (χ2n) is 5.57. The molecular formula is C15H22F3NO. The van der Waals surface area contributed by atoms with Gasteiger partial charge in [-0.15, -0.1) is 0 Å². The van der Waals surface area contributed by atoms with Crippen LogP contribution < -0.4 is 10.1 Å². The van der Waals surface area contributed by atoms with Crippen LogP contribution >= 0.6 is 0 Å². The average molecular weight is 289 g/mol. The summed E-state index contributed by atoms with van der Waals surface area (Å²) in [6.45, 7) is 8.81. The Hall–Kier alpha value is -1.23. The molecule has 0 aliphatic carbocycles. The molecule has 1 rings (SSSR count). The quantitative estimate of drug-likeness (QED) is 0.845. The molecule has 1 N–H and O–H groups in total. The number of alkyl halides is 3. The van der Waals surface area contributed by atoms with Crippen LogP contribution in [0.3, 0.4) is 0 Å². The Balaban J connectivity index is 2.52. The molecule has 0 spiro atoms. The number of halogens is 3. The van der Waals surface area contributed by atoms with Crippen LogP contribution in [-0.2, 0) is 6.18 Å². The van der Waals surface area contributed by atoms with E-state index in [-0.39, 0.29) is 11.6 Å². The zero-order chi connectivity index (χ0) is 15.4. The summed E-state index contributed by atoms with van der Waals surface area (Å²) in [5, 5.41) is 3.36. The maximum absolute atomic E-state index is 12.4. The van der Waals surface area contributed by atoms with Crippen molar-refractivity contribution in [2.75, 3.05) is 6.54 Å². The molecule has 1 aromatic rings. The molecule has 1 aromatic carbocycles. The number of nitrogens with one attached hydrogen (secondary N) is 1. The van der Waals surface area contributed by atoms with Gasteiger partial charge in [0, 0.05) is 12.1 Å². The minimum atomic E-state index is -4.31. The highest BCUT2D eigenvalue weighted by molar-refractivity contribution is 5.29. The van der Waals surface area contributed by atoms with E-state index in [2.05, 4.69) is 26.1 Å². The summed E-state index contributed by atoms with van der Waals surface area (Å²) in [7, 11) is 0. The lowest BCUT2D eigenvalue weighted by Gasteiger charge is -2.27. The molecule has 0 amide bonds. The Kier molecular flexibility index (Phi) is 5.45. The molecule has 0 radical (unpaired) electrons. The topological polar surface area (TPSA) is 21.3 Å². The van der Waals surface area contributed by atoms with Crippen molar-refractivity contribution in [2.24, 2.45) is 0 Å². The summed E-state index contributed by atoms with van der Waals surface area (Å²) in [5.74, 6) is 0.446. The molecule has 0 fully saturated rings. The lowest BCUT2D eigenvalue weighted by Crippen LogP contribution is -2.43. The Morgan fingerprint density at radius 2 is 1.70 bits per heavy atom. The van der Waals surface area contributed by atoms with E-state index in [4.69, 9.17) is 4.74 Å². The fraction of sp³-hybridized carbons (Fsp3) is 0.600. The van der Waals surface area contributed by atoms with Gasteiger partial charge in [0.15, 0.2) is 0 Å². The van der Waals surface area contributed by atoms with Crippen LogP contribution in [0, 0.1) is 0 Å². The molecule has 0 aliphatic rings. The molecule has 2 nitrogen and oxygen atoms in total. The second-order valence-corrected chi connectivity index (χ2v) is 5.57. The zero-order valence-electron chi connectivity index (χ0n) is 12.3. The first kappa shape index (κ1) is 16.8. The average Bonchev–Trinajstić information content (AvgIpc) is 2.36. The van der Waals surface area contributed by atoms with Crippen molar-refractivity contribution in [3.05, 3.63) is 29.8 Å². The monoisotopic (exact) mass is 289 g/mol. The first-order valence-corrected chi connectivity index (χ1v) is 6.73. The highest BCUT2D eigenvalue weighted by atomic mass is 19.4. The van der Waals surface area contributed by atoms with Gasteiger partial charge in [0.1, 0.15) is 11.9 Å². The molecule has 0 aliphatic heterocycles. The zero-order valence-corrected chi connectivity index (χ0v) is 12.3. The molecule has 0 aromatic heterocycles. The Morgan fingerprint density at radius 1 is 1.15 bits per heavy atom. The third kappa shape index (κ3) is 5.41. The number of ether oxygens (including phenoxy) is 1. The van der Waals surface area contributed by atoms with Crippen LogP contribution in [0.15, 0.2) is 24.3 Å². The SMILES string of the molecule is CCC(C)(C)NCC(C)Oc1ccc(C(F)(F)F)cc1. The highest BCUT2D eigenvalue weighted by Crippen LogP contribution is 2.30. The summed E-state index contributed by atoms with van der Waals surface area (Å²) in [5.41, 5.74) is -0.639. The van der Waals surface area contributed by atoms with Crippen molar-refractivity contribution < 1.29 is 17.9 Å². The van der Waals surface area contributed by atoms with Crippen LogP contribution in [-0.4, -0.2) is 18.2 Å². The van der Waals surface area contributed by atoms with E-state index in [0.29, 0.717) is 12.3 Å². The number of hydrogen-bond acceptors (Lipinski definition) is 2. The molecule has 0 bridgehead atoms.